The van der Waals surface area contributed by atoms with Gasteiger partial charge in [-0.15, -0.1) is 0 Å². The number of benzene rings is 2. The van der Waals surface area contributed by atoms with E-state index in [1.807, 2.05) is 36.4 Å². The summed E-state index contributed by atoms with van der Waals surface area (Å²) >= 11 is 0. The van der Waals surface area contributed by atoms with Crippen molar-refractivity contribution in [3.8, 4) is 11.5 Å². The Kier molecular flexibility index (Phi) is 4.82. The van der Waals surface area contributed by atoms with E-state index in [9.17, 15) is 4.79 Å². The molecule has 2 aliphatic rings. The van der Waals surface area contributed by atoms with Gasteiger partial charge in [-0.05, 0) is 44.4 Å². The third kappa shape index (κ3) is 3.36. The molecule has 1 saturated carbocycles. The van der Waals surface area contributed by atoms with Gasteiger partial charge in [-0.1, -0.05) is 43.2 Å². The molecule has 0 spiro atoms. The van der Waals surface area contributed by atoms with Crippen LogP contribution in [-0.2, 0) is 10.2 Å². The lowest BCUT2D eigenvalue weighted by molar-refractivity contribution is -0.128. The van der Waals surface area contributed by atoms with Crippen LogP contribution < -0.4 is 14.8 Å². The topological polar surface area (TPSA) is 47.6 Å². The van der Waals surface area contributed by atoms with E-state index in [1.165, 1.54) is 0 Å². The second kappa shape index (κ2) is 7.16. The number of fused-ring (bicyclic) bond motifs is 1. The molecular formula is C24H29NO3. The molecule has 0 aromatic heterocycles. The molecule has 28 heavy (non-hydrogen) atoms. The van der Waals surface area contributed by atoms with Crippen LogP contribution >= 0.6 is 0 Å². The van der Waals surface area contributed by atoms with Crippen molar-refractivity contribution >= 4 is 5.91 Å². The van der Waals surface area contributed by atoms with Gasteiger partial charge in [0.05, 0.1) is 18.6 Å². The second-order valence-corrected chi connectivity index (χ2v) is 8.65. The molecule has 1 N–H and O–H groups in total. The summed E-state index contributed by atoms with van der Waals surface area (Å²) in [7, 11) is 1.65. The molecule has 4 rings (SSSR count). The van der Waals surface area contributed by atoms with Gasteiger partial charge >= 0.3 is 0 Å². The van der Waals surface area contributed by atoms with Crippen molar-refractivity contribution in [2.24, 2.45) is 0 Å². The van der Waals surface area contributed by atoms with E-state index in [2.05, 4.69) is 31.3 Å². The van der Waals surface area contributed by atoms with Gasteiger partial charge < -0.3 is 14.8 Å². The lowest BCUT2D eigenvalue weighted by Gasteiger charge is -2.39. The van der Waals surface area contributed by atoms with Gasteiger partial charge in [0.2, 0.25) is 5.91 Å². The van der Waals surface area contributed by atoms with Crippen LogP contribution in [0.25, 0.3) is 0 Å². The molecule has 0 bridgehead atoms. The van der Waals surface area contributed by atoms with Crippen LogP contribution in [0.1, 0.15) is 63.1 Å². The van der Waals surface area contributed by atoms with Crippen molar-refractivity contribution in [1.29, 1.82) is 0 Å². The van der Waals surface area contributed by atoms with E-state index in [-0.39, 0.29) is 17.6 Å². The molecule has 1 aliphatic carbocycles. The fourth-order valence-corrected chi connectivity index (χ4v) is 4.77. The zero-order valence-electron chi connectivity index (χ0n) is 17.0. The SMILES string of the molecule is COc1ccc2c(c1)OC(C)(C)C[C@H]2NC(=O)C1(c2ccccc2)CCCC1. The Morgan fingerprint density at radius 3 is 2.50 bits per heavy atom. The minimum Gasteiger partial charge on any atom is -0.497 e. The van der Waals surface area contributed by atoms with E-state index in [0.717, 1.165) is 54.7 Å². The fourth-order valence-electron chi connectivity index (χ4n) is 4.77. The molecule has 1 fully saturated rings. The number of carbonyl (C=O) groups excluding carboxylic acids is 1. The third-order valence-corrected chi connectivity index (χ3v) is 6.20. The van der Waals surface area contributed by atoms with Crippen molar-refractivity contribution in [1.82, 2.24) is 5.32 Å². The number of rotatable bonds is 4. The Morgan fingerprint density at radius 1 is 1.11 bits per heavy atom. The predicted molar refractivity (Wildman–Crippen MR) is 110 cm³/mol. The molecule has 1 atom stereocenters. The normalized spacial score (nSPS) is 22.0. The van der Waals surface area contributed by atoms with Crippen LogP contribution in [0.15, 0.2) is 48.5 Å². The largest absolute Gasteiger partial charge is 0.497 e. The van der Waals surface area contributed by atoms with Crippen molar-refractivity contribution in [2.45, 2.75) is 63.0 Å². The van der Waals surface area contributed by atoms with Gasteiger partial charge in [-0.25, -0.2) is 0 Å². The monoisotopic (exact) mass is 379 g/mol. The van der Waals surface area contributed by atoms with E-state index in [1.54, 1.807) is 7.11 Å². The summed E-state index contributed by atoms with van der Waals surface area (Å²) in [6, 6.07) is 16.0. The maximum absolute atomic E-state index is 13.6. The predicted octanol–water partition coefficient (Wildman–Crippen LogP) is 4.93. The molecular weight excluding hydrogens is 350 g/mol. The number of hydrogen-bond donors (Lipinski definition) is 1. The van der Waals surface area contributed by atoms with Crippen LogP contribution in [-0.4, -0.2) is 18.6 Å². The first-order chi connectivity index (χ1) is 13.4. The van der Waals surface area contributed by atoms with Crippen molar-refractivity contribution in [3.63, 3.8) is 0 Å². The van der Waals surface area contributed by atoms with Gasteiger partial charge in [0.1, 0.15) is 17.1 Å². The van der Waals surface area contributed by atoms with E-state index >= 15 is 0 Å². The van der Waals surface area contributed by atoms with Crippen LogP contribution in [0.5, 0.6) is 11.5 Å². The standard InChI is InChI=1S/C24H29NO3/c1-23(2)16-20(19-12-11-18(27-3)15-21(19)28-23)25-22(26)24(13-7-8-14-24)17-9-5-4-6-10-17/h4-6,9-12,15,20H,7-8,13-14,16H2,1-3H3,(H,25,26)/t20-/m1/s1. The van der Waals surface area contributed by atoms with Crippen LogP contribution in [0.3, 0.4) is 0 Å². The quantitative estimate of drug-likeness (QED) is 0.820. The second-order valence-electron chi connectivity index (χ2n) is 8.65. The minimum atomic E-state index is -0.420. The molecule has 4 nitrogen and oxygen atoms in total. The molecule has 1 amide bonds. The highest BCUT2D eigenvalue weighted by molar-refractivity contribution is 5.89. The Hall–Kier alpha value is -2.49. The average Bonchev–Trinajstić information content (AvgIpc) is 3.18. The van der Waals surface area contributed by atoms with Crippen molar-refractivity contribution in [2.75, 3.05) is 7.11 Å². The number of ether oxygens (including phenoxy) is 2. The Morgan fingerprint density at radius 2 is 1.82 bits per heavy atom. The Labute approximate surface area is 167 Å². The van der Waals surface area contributed by atoms with Crippen LogP contribution in [0, 0.1) is 0 Å². The number of nitrogens with one attached hydrogen (secondary N) is 1. The molecule has 4 heteroatoms. The highest BCUT2D eigenvalue weighted by atomic mass is 16.5. The molecule has 148 valence electrons. The summed E-state index contributed by atoms with van der Waals surface area (Å²) in [6.45, 7) is 4.13. The Balaban J connectivity index is 1.65. The zero-order chi connectivity index (χ0) is 19.8. The first-order valence-corrected chi connectivity index (χ1v) is 10.2. The zero-order valence-corrected chi connectivity index (χ0v) is 17.0. The molecule has 0 unspecified atom stereocenters. The molecule has 0 radical (unpaired) electrons. The first-order valence-electron chi connectivity index (χ1n) is 10.2. The highest BCUT2D eigenvalue weighted by Crippen LogP contribution is 2.44. The highest BCUT2D eigenvalue weighted by Gasteiger charge is 2.44. The molecule has 1 aliphatic heterocycles. The first kappa shape index (κ1) is 18.9. The van der Waals surface area contributed by atoms with Crippen molar-refractivity contribution in [3.05, 3.63) is 59.7 Å². The van der Waals surface area contributed by atoms with Gasteiger partial charge in [0.15, 0.2) is 0 Å². The van der Waals surface area contributed by atoms with Gasteiger partial charge in [0.25, 0.3) is 0 Å². The van der Waals surface area contributed by atoms with E-state index in [4.69, 9.17) is 9.47 Å². The van der Waals surface area contributed by atoms with Crippen molar-refractivity contribution < 1.29 is 14.3 Å². The fraction of sp³-hybridized carbons (Fsp3) is 0.458. The molecule has 2 aromatic carbocycles. The maximum Gasteiger partial charge on any atom is 0.231 e. The molecule has 1 heterocycles. The summed E-state index contributed by atoms with van der Waals surface area (Å²) in [5.41, 5.74) is 1.38. The number of hydrogen-bond acceptors (Lipinski definition) is 3. The average molecular weight is 380 g/mol. The van der Waals surface area contributed by atoms with Crippen LogP contribution in [0.2, 0.25) is 0 Å². The lowest BCUT2D eigenvalue weighted by Crippen LogP contribution is -2.47. The molecule has 0 saturated heterocycles. The van der Waals surface area contributed by atoms with Crippen LogP contribution in [0.4, 0.5) is 0 Å². The van der Waals surface area contributed by atoms with Gasteiger partial charge in [-0.2, -0.15) is 0 Å². The number of methoxy groups -OCH3 is 1. The smallest absolute Gasteiger partial charge is 0.231 e. The summed E-state index contributed by atoms with van der Waals surface area (Å²) in [6.07, 6.45) is 4.74. The molecule has 2 aromatic rings. The number of amides is 1. The Bertz CT molecular complexity index is 853. The lowest BCUT2D eigenvalue weighted by atomic mass is 9.77. The van der Waals surface area contributed by atoms with E-state index in [0.29, 0.717) is 0 Å². The maximum atomic E-state index is 13.6. The number of carbonyl (C=O) groups is 1. The summed E-state index contributed by atoms with van der Waals surface area (Å²) < 4.78 is 11.5. The summed E-state index contributed by atoms with van der Waals surface area (Å²) in [4.78, 5) is 13.6. The summed E-state index contributed by atoms with van der Waals surface area (Å²) in [5, 5.41) is 3.39. The van der Waals surface area contributed by atoms with Gasteiger partial charge in [-0.3, -0.25) is 4.79 Å². The van der Waals surface area contributed by atoms with E-state index < -0.39 is 5.41 Å². The summed E-state index contributed by atoms with van der Waals surface area (Å²) in [5.74, 6) is 1.69. The van der Waals surface area contributed by atoms with Gasteiger partial charge in [0, 0.05) is 18.1 Å². The minimum absolute atomic E-state index is 0.0710. The third-order valence-electron chi connectivity index (χ3n) is 6.20.